The first kappa shape index (κ1) is 22.5. The number of methoxy groups -OCH3 is 2. The number of piperazine rings is 1. The molecule has 6 nitrogen and oxygen atoms in total. The number of hydrogen-bond acceptors (Lipinski definition) is 5. The van der Waals surface area contributed by atoms with Gasteiger partial charge in [0.25, 0.3) is 5.91 Å². The molecule has 2 saturated heterocycles. The van der Waals surface area contributed by atoms with Crippen LogP contribution in [0.25, 0.3) is 0 Å². The lowest BCUT2D eigenvalue weighted by molar-refractivity contribution is -0.143. The molecule has 2 aromatic rings. The molecule has 0 radical (unpaired) electrons. The van der Waals surface area contributed by atoms with E-state index in [0.717, 1.165) is 55.8 Å². The van der Waals surface area contributed by atoms with Crippen molar-refractivity contribution in [2.45, 2.75) is 43.8 Å². The first-order chi connectivity index (χ1) is 15.9. The number of ketones is 1. The Morgan fingerprint density at radius 1 is 1.03 bits per heavy atom. The minimum absolute atomic E-state index is 0.0169. The highest BCUT2D eigenvalue weighted by Crippen LogP contribution is 2.48. The number of rotatable bonds is 4. The number of ether oxygens (including phenoxy) is 2. The largest absolute Gasteiger partial charge is 0.497 e. The van der Waals surface area contributed by atoms with E-state index in [1.165, 1.54) is 11.6 Å². The van der Waals surface area contributed by atoms with Crippen LogP contribution in [0.15, 0.2) is 30.3 Å². The Morgan fingerprint density at radius 3 is 2.58 bits per heavy atom. The van der Waals surface area contributed by atoms with Crippen molar-refractivity contribution < 1.29 is 19.1 Å². The molecule has 3 atom stereocenters. The average molecular weight is 489 g/mol. The molecule has 33 heavy (non-hydrogen) atoms. The molecule has 0 aliphatic carbocycles. The van der Waals surface area contributed by atoms with Crippen LogP contribution in [0.1, 0.15) is 46.8 Å². The van der Waals surface area contributed by atoms with Crippen molar-refractivity contribution in [2.75, 3.05) is 27.3 Å². The summed E-state index contributed by atoms with van der Waals surface area (Å²) in [6, 6.07) is 8.47. The minimum atomic E-state index is -0.545. The summed E-state index contributed by atoms with van der Waals surface area (Å²) >= 11 is 12.1. The van der Waals surface area contributed by atoms with Gasteiger partial charge in [0.2, 0.25) is 5.78 Å². The van der Waals surface area contributed by atoms with E-state index in [4.69, 9.17) is 32.7 Å². The van der Waals surface area contributed by atoms with E-state index in [2.05, 4.69) is 11.0 Å². The lowest BCUT2D eigenvalue weighted by Gasteiger charge is -2.56. The Morgan fingerprint density at radius 2 is 1.85 bits per heavy atom. The summed E-state index contributed by atoms with van der Waals surface area (Å²) in [5, 5.41) is 0.618. The van der Waals surface area contributed by atoms with E-state index < -0.39 is 11.7 Å². The molecule has 3 aliphatic heterocycles. The number of carbonyl (C=O) groups excluding carboxylic acids is 2. The topological polar surface area (TPSA) is 59.1 Å². The molecule has 0 spiro atoms. The molecule has 5 rings (SSSR count). The predicted octanol–water partition coefficient (Wildman–Crippen LogP) is 4.56. The van der Waals surface area contributed by atoms with Gasteiger partial charge in [0.1, 0.15) is 11.5 Å². The first-order valence-corrected chi connectivity index (χ1v) is 12.0. The van der Waals surface area contributed by atoms with Gasteiger partial charge < -0.3 is 14.4 Å². The van der Waals surface area contributed by atoms with Crippen LogP contribution >= 0.6 is 23.2 Å². The maximum Gasteiger partial charge on any atom is 0.295 e. The Kier molecular flexibility index (Phi) is 6.02. The van der Waals surface area contributed by atoms with Crippen LogP contribution in [0, 0.1) is 0 Å². The summed E-state index contributed by atoms with van der Waals surface area (Å²) in [6.45, 7) is 1.65. The zero-order chi connectivity index (χ0) is 23.3. The van der Waals surface area contributed by atoms with Gasteiger partial charge in [0.15, 0.2) is 0 Å². The lowest BCUT2D eigenvalue weighted by Crippen LogP contribution is -2.65. The molecule has 0 N–H and O–H groups in total. The van der Waals surface area contributed by atoms with Gasteiger partial charge in [0.05, 0.1) is 36.3 Å². The van der Waals surface area contributed by atoms with Crippen molar-refractivity contribution >= 4 is 34.9 Å². The standard InChI is InChI=1S/C25H26Cl2N2O4/c1-32-17-10-14-8-9-28-13-16-4-3-5-20(23(28)22(14)21(12-17)33-2)29(16)25(31)24(30)15-6-7-18(26)19(27)11-15/h6-7,10-12,16,20,23H,3-5,8-9,13H2,1-2H3. The quantitative estimate of drug-likeness (QED) is 0.466. The lowest BCUT2D eigenvalue weighted by atomic mass is 9.78. The second kappa shape index (κ2) is 8.82. The van der Waals surface area contributed by atoms with E-state index in [1.54, 1.807) is 26.4 Å². The van der Waals surface area contributed by atoms with Crippen LogP contribution in [0.3, 0.4) is 0 Å². The van der Waals surface area contributed by atoms with Crippen molar-refractivity contribution in [3.8, 4) is 11.5 Å². The van der Waals surface area contributed by atoms with Crippen LogP contribution in [-0.2, 0) is 11.2 Å². The number of carbonyl (C=O) groups is 2. The molecular formula is C25H26Cl2N2O4. The van der Waals surface area contributed by atoms with Crippen LogP contribution in [-0.4, -0.2) is 60.9 Å². The molecule has 3 aliphatic rings. The van der Waals surface area contributed by atoms with Crippen molar-refractivity contribution in [3.63, 3.8) is 0 Å². The first-order valence-electron chi connectivity index (χ1n) is 11.2. The van der Waals surface area contributed by atoms with Gasteiger partial charge in [-0.3, -0.25) is 14.5 Å². The number of amides is 1. The van der Waals surface area contributed by atoms with Gasteiger partial charge in [-0.2, -0.15) is 0 Å². The zero-order valence-corrected chi connectivity index (χ0v) is 20.2. The number of Topliss-reactive ketones (excluding diaryl/α,β-unsaturated/α-hetero) is 1. The van der Waals surface area contributed by atoms with Gasteiger partial charge >= 0.3 is 0 Å². The fraction of sp³-hybridized carbons (Fsp3) is 0.440. The summed E-state index contributed by atoms with van der Waals surface area (Å²) in [6.07, 6.45) is 3.66. The SMILES string of the molecule is COc1cc2c(c(OC)c1)C1C3CCCC(CN1CC2)N3C(=O)C(=O)c1ccc(Cl)c(Cl)c1. The monoisotopic (exact) mass is 488 g/mol. The molecule has 3 heterocycles. The molecule has 1 amide bonds. The number of halogens is 2. The molecule has 2 fully saturated rings. The number of benzene rings is 2. The maximum absolute atomic E-state index is 13.6. The summed E-state index contributed by atoms with van der Waals surface area (Å²) in [7, 11) is 3.31. The number of piperidine rings is 1. The van der Waals surface area contributed by atoms with E-state index in [9.17, 15) is 9.59 Å². The number of hydrogen-bond donors (Lipinski definition) is 0. The number of nitrogens with zero attached hydrogens (tertiary/aromatic N) is 2. The van der Waals surface area contributed by atoms with Crippen LogP contribution in [0.4, 0.5) is 0 Å². The van der Waals surface area contributed by atoms with Gasteiger partial charge in [0, 0.05) is 36.3 Å². The third kappa shape index (κ3) is 3.78. The van der Waals surface area contributed by atoms with Gasteiger partial charge in [-0.1, -0.05) is 23.2 Å². The Hall–Kier alpha value is -2.28. The van der Waals surface area contributed by atoms with Gasteiger partial charge in [-0.25, -0.2) is 0 Å². The van der Waals surface area contributed by atoms with Crippen LogP contribution in [0.5, 0.6) is 11.5 Å². The summed E-state index contributed by atoms with van der Waals surface area (Å²) < 4.78 is 11.2. The fourth-order valence-electron chi connectivity index (χ4n) is 5.78. The normalized spacial score (nSPS) is 24.0. The molecule has 3 unspecified atom stereocenters. The molecule has 0 aromatic heterocycles. The third-order valence-corrected chi connectivity index (χ3v) is 7.96. The second-order valence-corrected chi connectivity index (χ2v) is 9.73. The highest BCUT2D eigenvalue weighted by Gasteiger charge is 2.50. The van der Waals surface area contributed by atoms with Crippen molar-refractivity contribution in [1.82, 2.24) is 9.80 Å². The molecule has 0 saturated carbocycles. The van der Waals surface area contributed by atoms with Gasteiger partial charge in [-0.15, -0.1) is 0 Å². The second-order valence-electron chi connectivity index (χ2n) is 8.91. The molecule has 2 bridgehead atoms. The van der Waals surface area contributed by atoms with E-state index >= 15 is 0 Å². The smallest absolute Gasteiger partial charge is 0.295 e. The summed E-state index contributed by atoms with van der Waals surface area (Å²) in [5.74, 6) is 0.518. The number of fused-ring (bicyclic) bond motifs is 6. The summed E-state index contributed by atoms with van der Waals surface area (Å²) in [5.41, 5.74) is 2.55. The van der Waals surface area contributed by atoms with Gasteiger partial charge in [-0.05, 0) is 55.5 Å². The zero-order valence-electron chi connectivity index (χ0n) is 18.6. The molecule has 2 aromatic carbocycles. The Balaban J connectivity index is 1.53. The molecule has 174 valence electrons. The minimum Gasteiger partial charge on any atom is -0.497 e. The molecular weight excluding hydrogens is 463 g/mol. The van der Waals surface area contributed by atoms with Crippen molar-refractivity contribution in [3.05, 3.63) is 57.1 Å². The highest BCUT2D eigenvalue weighted by molar-refractivity contribution is 6.45. The van der Waals surface area contributed by atoms with E-state index in [0.29, 0.717) is 5.02 Å². The fourth-order valence-corrected chi connectivity index (χ4v) is 6.08. The predicted molar refractivity (Wildman–Crippen MR) is 127 cm³/mol. The average Bonchev–Trinajstić information content (AvgIpc) is 2.83. The third-order valence-electron chi connectivity index (χ3n) is 7.22. The highest BCUT2D eigenvalue weighted by atomic mass is 35.5. The Labute approximate surface area is 203 Å². The Bertz CT molecular complexity index is 1100. The maximum atomic E-state index is 13.6. The van der Waals surface area contributed by atoms with Crippen LogP contribution in [0.2, 0.25) is 10.0 Å². The van der Waals surface area contributed by atoms with Crippen molar-refractivity contribution in [2.24, 2.45) is 0 Å². The summed E-state index contributed by atoms with van der Waals surface area (Å²) in [4.78, 5) is 31.1. The molecule has 8 heteroatoms. The van der Waals surface area contributed by atoms with Crippen molar-refractivity contribution in [1.29, 1.82) is 0 Å². The van der Waals surface area contributed by atoms with E-state index in [1.807, 2.05) is 11.0 Å². The van der Waals surface area contributed by atoms with Crippen LogP contribution < -0.4 is 9.47 Å². The van der Waals surface area contributed by atoms with E-state index in [-0.39, 0.29) is 28.7 Å².